The first kappa shape index (κ1) is 15.1. The predicted molar refractivity (Wildman–Crippen MR) is 84.8 cm³/mol. The molecule has 0 fully saturated rings. The number of amides is 1. The summed E-state index contributed by atoms with van der Waals surface area (Å²) >= 11 is 0. The molecule has 0 saturated carbocycles. The molecule has 2 aromatic carbocycles. The van der Waals surface area contributed by atoms with E-state index in [1.54, 1.807) is 18.2 Å². The van der Waals surface area contributed by atoms with Gasteiger partial charge in [0.2, 0.25) is 5.91 Å². The van der Waals surface area contributed by atoms with Gasteiger partial charge in [-0.15, -0.1) is 0 Å². The molecular formula is C18H16FNO3. The smallest absolute Gasteiger partial charge is 0.244 e. The topological polar surface area (TPSA) is 47.6 Å². The average molecular weight is 313 g/mol. The number of ether oxygens (including phenoxy) is 2. The van der Waals surface area contributed by atoms with Gasteiger partial charge >= 0.3 is 0 Å². The molecule has 1 unspecified atom stereocenters. The Bertz CT molecular complexity index is 712. The fourth-order valence-corrected chi connectivity index (χ4v) is 2.18. The van der Waals surface area contributed by atoms with Gasteiger partial charge in [0.25, 0.3) is 0 Å². The van der Waals surface area contributed by atoms with Crippen LogP contribution in [0.5, 0.6) is 11.5 Å². The lowest BCUT2D eigenvalue weighted by Gasteiger charge is -2.26. The summed E-state index contributed by atoms with van der Waals surface area (Å²) in [5.74, 6) is 0.851. The van der Waals surface area contributed by atoms with E-state index in [1.165, 1.54) is 18.2 Å². The number of rotatable bonds is 4. The van der Waals surface area contributed by atoms with Gasteiger partial charge in [-0.25, -0.2) is 4.39 Å². The first-order chi connectivity index (χ1) is 11.2. The minimum Gasteiger partial charge on any atom is -0.486 e. The second-order valence-electron chi connectivity index (χ2n) is 5.13. The third kappa shape index (κ3) is 4.10. The average Bonchev–Trinajstić information content (AvgIpc) is 2.59. The quantitative estimate of drug-likeness (QED) is 0.883. The Morgan fingerprint density at radius 1 is 1.17 bits per heavy atom. The number of nitrogens with one attached hydrogen (secondary N) is 1. The van der Waals surface area contributed by atoms with Crippen LogP contribution in [0.4, 0.5) is 4.39 Å². The maximum absolute atomic E-state index is 12.8. The van der Waals surface area contributed by atoms with Gasteiger partial charge in [-0.2, -0.15) is 0 Å². The molecule has 1 atom stereocenters. The largest absolute Gasteiger partial charge is 0.486 e. The summed E-state index contributed by atoms with van der Waals surface area (Å²) < 4.78 is 24.1. The summed E-state index contributed by atoms with van der Waals surface area (Å²) in [5.41, 5.74) is 0.757. The first-order valence-corrected chi connectivity index (χ1v) is 7.31. The van der Waals surface area contributed by atoms with Gasteiger partial charge in [0.05, 0.1) is 6.54 Å². The van der Waals surface area contributed by atoms with Crippen LogP contribution in [-0.2, 0) is 4.79 Å². The summed E-state index contributed by atoms with van der Waals surface area (Å²) in [5, 5.41) is 2.76. The highest BCUT2D eigenvalue weighted by molar-refractivity contribution is 5.91. The molecule has 4 nitrogen and oxygen atoms in total. The van der Waals surface area contributed by atoms with E-state index in [1.807, 2.05) is 24.3 Å². The molecule has 0 aliphatic carbocycles. The Balaban J connectivity index is 1.49. The van der Waals surface area contributed by atoms with Crippen molar-refractivity contribution in [2.45, 2.75) is 6.10 Å². The maximum Gasteiger partial charge on any atom is 0.244 e. The van der Waals surface area contributed by atoms with Gasteiger partial charge in [0.1, 0.15) is 18.5 Å². The Labute approximate surface area is 133 Å². The van der Waals surface area contributed by atoms with Crippen LogP contribution in [0.2, 0.25) is 0 Å². The van der Waals surface area contributed by atoms with Gasteiger partial charge in [0, 0.05) is 6.08 Å². The number of carbonyl (C=O) groups excluding carboxylic acids is 1. The van der Waals surface area contributed by atoms with Gasteiger partial charge in [0.15, 0.2) is 11.5 Å². The van der Waals surface area contributed by atoms with Crippen LogP contribution in [0.3, 0.4) is 0 Å². The fourth-order valence-electron chi connectivity index (χ4n) is 2.18. The Morgan fingerprint density at radius 3 is 2.70 bits per heavy atom. The molecule has 0 radical (unpaired) electrons. The lowest BCUT2D eigenvalue weighted by Crippen LogP contribution is -2.40. The molecule has 1 heterocycles. The van der Waals surface area contributed by atoms with Gasteiger partial charge < -0.3 is 14.8 Å². The number of para-hydroxylation sites is 2. The zero-order chi connectivity index (χ0) is 16.1. The summed E-state index contributed by atoms with van der Waals surface area (Å²) in [6, 6.07) is 13.3. The van der Waals surface area contributed by atoms with Gasteiger partial charge in [-0.3, -0.25) is 4.79 Å². The Hall–Kier alpha value is -2.82. The van der Waals surface area contributed by atoms with Gasteiger partial charge in [-0.1, -0.05) is 24.3 Å². The van der Waals surface area contributed by atoms with E-state index in [0.29, 0.717) is 24.7 Å². The minimum absolute atomic E-state index is 0.229. The van der Waals surface area contributed by atoms with Crippen molar-refractivity contribution >= 4 is 12.0 Å². The van der Waals surface area contributed by atoms with Crippen LogP contribution >= 0.6 is 0 Å². The van der Waals surface area contributed by atoms with E-state index in [2.05, 4.69) is 5.32 Å². The minimum atomic E-state index is -0.304. The van der Waals surface area contributed by atoms with Crippen molar-refractivity contribution in [2.24, 2.45) is 0 Å². The zero-order valence-electron chi connectivity index (χ0n) is 12.4. The van der Waals surface area contributed by atoms with Crippen LogP contribution in [0.1, 0.15) is 5.56 Å². The number of fused-ring (bicyclic) bond motifs is 1. The molecule has 0 aromatic heterocycles. The molecule has 118 valence electrons. The van der Waals surface area contributed by atoms with Crippen molar-refractivity contribution in [3.05, 3.63) is 66.0 Å². The molecule has 3 rings (SSSR count). The van der Waals surface area contributed by atoms with E-state index in [9.17, 15) is 9.18 Å². The normalized spacial score (nSPS) is 16.3. The zero-order valence-corrected chi connectivity index (χ0v) is 12.4. The fraction of sp³-hybridized carbons (Fsp3) is 0.167. The van der Waals surface area contributed by atoms with Gasteiger partial charge in [-0.05, 0) is 35.9 Å². The van der Waals surface area contributed by atoms with Crippen molar-refractivity contribution < 1.29 is 18.7 Å². The third-order valence-corrected chi connectivity index (χ3v) is 3.37. The highest BCUT2D eigenvalue weighted by Gasteiger charge is 2.20. The molecule has 1 N–H and O–H groups in total. The highest BCUT2D eigenvalue weighted by atomic mass is 19.1. The van der Waals surface area contributed by atoms with E-state index in [0.717, 1.165) is 5.56 Å². The molecule has 0 spiro atoms. The van der Waals surface area contributed by atoms with Crippen LogP contribution in [-0.4, -0.2) is 25.2 Å². The van der Waals surface area contributed by atoms with E-state index >= 15 is 0 Å². The molecule has 23 heavy (non-hydrogen) atoms. The molecule has 5 heteroatoms. The van der Waals surface area contributed by atoms with Crippen molar-refractivity contribution in [3.8, 4) is 11.5 Å². The summed E-state index contributed by atoms with van der Waals surface area (Å²) in [7, 11) is 0. The third-order valence-electron chi connectivity index (χ3n) is 3.37. The maximum atomic E-state index is 12.8. The van der Waals surface area contributed by atoms with E-state index < -0.39 is 0 Å². The first-order valence-electron chi connectivity index (χ1n) is 7.31. The van der Waals surface area contributed by atoms with Crippen LogP contribution in [0.15, 0.2) is 54.6 Å². The molecule has 1 amide bonds. The number of benzene rings is 2. The summed E-state index contributed by atoms with van der Waals surface area (Å²) in [6.45, 7) is 0.736. The van der Waals surface area contributed by atoms with Crippen molar-refractivity contribution in [3.63, 3.8) is 0 Å². The Morgan fingerprint density at radius 2 is 1.91 bits per heavy atom. The van der Waals surface area contributed by atoms with Crippen LogP contribution < -0.4 is 14.8 Å². The lowest BCUT2D eigenvalue weighted by atomic mass is 10.2. The SMILES string of the molecule is O=C(C=Cc1ccc(F)cc1)NCC1COc2ccccc2O1. The molecular weight excluding hydrogens is 297 g/mol. The standard InChI is InChI=1S/C18H16FNO3/c19-14-8-5-13(6-9-14)7-10-18(21)20-11-15-12-22-16-3-1-2-4-17(16)23-15/h1-10,15H,11-12H2,(H,20,21). The van der Waals surface area contributed by atoms with E-state index in [-0.39, 0.29) is 17.8 Å². The number of hydrogen-bond acceptors (Lipinski definition) is 3. The number of carbonyl (C=O) groups is 1. The lowest BCUT2D eigenvalue weighted by molar-refractivity contribution is -0.116. The van der Waals surface area contributed by atoms with Crippen molar-refractivity contribution in [1.29, 1.82) is 0 Å². The van der Waals surface area contributed by atoms with Crippen molar-refractivity contribution in [2.75, 3.05) is 13.2 Å². The molecule has 2 aromatic rings. The summed E-state index contributed by atoms with van der Waals surface area (Å²) in [6.07, 6.45) is 2.81. The van der Waals surface area contributed by atoms with Crippen molar-refractivity contribution in [1.82, 2.24) is 5.32 Å². The van der Waals surface area contributed by atoms with Crippen LogP contribution in [0, 0.1) is 5.82 Å². The monoisotopic (exact) mass is 313 g/mol. The molecule has 0 saturated heterocycles. The Kier molecular flexibility index (Phi) is 4.57. The predicted octanol–water partition coefficient (Wildman–Crippen LogP) is 2.80. The molecule has 0 bridgehead atoms. The van der Waals surface area contributed by atoms with E-state index in [4.69, 9.17) is 9.47 Å². The van der Waals surface area contributed by atoms with Crippen LogP contribution in [0.25, 0.3) is 6.08 Å². The second-order valence-corrected chi connectivity index (χ2v) is 5.13. The molecule has 1 aliphatic heterocycles. The molecule has 1 aliphatic rings. The highest BCUT2D eigenvalue weighted by Crippen LogP contribution is 2.30. The number of hydrogen-bond donors (Lipinski definition) is 1. The number of halogens is 1. The second kappa shape index (κ2) is 6.96. The summed E-state index contributed by atoms with van der Waals surface area (Å²) in [4.78, 5) is 11.8.